The molecule has 3 N–H and O–H groups in total. The van der Waals surface area contributed by atoms with Gasteiger partial charge < -0.3 is 24.8 Å². The first-order valence-electron chi connectivity index (χ1n) is 9.85. The fourth-order valence-corrected chi connectivity index (χ4v) is 4.03. The molecule has 12 heteroatoms. The van der Waals surface area contributed by atoms with Gasteiger partial charge in [0.2, 0.25) is 5.82 Å². The molecule has 4 atom stereocenters. The summed E-state index contributed by atoms with van der Waals surface area (Å²) in [7, 11) is -0.803. The zero-order valence-corrected chi connectivity index (χ0v) is 17.8. The maximum atomic E-state index is 14.4. The molecule has 178 valence electrons. The van der Waals surface area contributed by atoms with Gasteiger partial charge >= 0.3 is 13.3 Å². The van der Waals surface area contributed by atoms with Gasteiger partial charge in [-0.25, -0.2) is 4.39 Å². The number of hydrogen-bond acceptors (Lipinski definition) is 5. The molecule has 1 fully saturated rings. The summed E-state index contributed by atoms with van der Waals surface area (Å²) in [4.78, 5) is 13.1. The standard InChI is InChI=1S/C21H21BF5NO5/c1-10-15(13-7-8-14(23)16(24)17(13)32-3)18(33-20(10,2)21(25,26)27)19(29)28-12-6-4-5-11(9-12)22(30)31/h4-10,15,18,30-31H,1-3H3,(H,28,29)/t10-,15-,18+,20+/m0/s1. The Hall–Kier alpha value is -2.70. The Morgan fingerprint density at radius 1 is 1.21 bits per heavy atom. The van der Waals surface area contributed by atoms with E-state index in [1.807, 2.05) is 0 Å². The number of halogens is 5. The molecule has 6 nitrogen and oxygen atoms in total. The number of carbonyl (C=O) groups is 1. The van der Waals surface area contributed by atoms with E-state index in [0.29, 0.717) is 0 Å². The minimum Gasteiger partial charge on any atom is -0.493 e. The Morgan fingerprint density at radius 2 is 1.88 bits per heavy atom. The van der Waals surface area contributed by atoms with Crippen LogP contribution in [0.5, 0.6) is 5.75 Å². The number of hydrogen-bond donors (Lipinski definition) is 3. The van der Waals surface area contributed by atoms with Gasteiger partial charge in [-0.3, -0.25) is 4.79 Å². The zero-order chi connectivity index (χ0) is 24.7. The SMILES string of the molecule is COc1c([C@H]2[C@H](C(=O)Nc3cccc(B(O)O)c3)O[C@@](C)(C(F)(F)F)[C@H]2C)ccc(F)c1F. The second-order valence-electron chi connectivity index (χ2n) is 7.93. The molecule has 1 amide bonds. The lowest BCUT2D eigenvalue weighted by Gasteiger charge is -2.32. The van der Waals surface area contributed by atoms with Crippen molar-refractivity contribution in [3.63, 3.8) is 0 Å². The van der Waals surface area contributed by atoms with E-state index in [0.717, 1.165) is 26.2 Å². The highest BCUT2D eigenvalue weighted by Crippen LogP contribution is 2.54. The summed E-state index contributed by atoms with van der Waals surface area (Å²) in [6.45, 7) is 1.99. The number of benzene rings is 2. The van der Waals surface area contributed by atoms with Gasteiger partial charge in [0.05, 0.1) is 7.11 Å². The van der Waals surface area contributed by atoms with Crippen LogP contribution in [0.3, 0.4) is 0 Å². The van der Waals surface area contributed by atoms with Crippen molar-refractivity contribution in [3.05, 3.63) is 53.6 Å². The van der Waals surface area contributed by atoms with Gasteiger partial charge in [0.15, 0.2) is 17.2 Å². The minimum absolute atomic E-state index is 0.0347. The van der Waals surface area contributed by atoms with Gasteiger partial charge in [-0.15, -0.1) is 0 Å². The lowest BCUT2D eigenvalue weighted by molar-refractivity contribution is -0.272. The highest BCUT2D eigenvalue weighted by Gasteiger charge is 2.65. The molecule has 1 heterocycles. The van der Waals surface area contributed by atoms with Gasteiger partial charge in [0, 0.05) is 23.1 Å². The van der Waals surface area contributed by atoms with Crippen LogP contribution in [0, 0.1) is 17.6 Å². The highest BCUT2D eigenvalue weighted by molar-refractivity contribution is 6.58. The van der Waals surface area contributed by atoms with Crippen LogP contribution in [0.25, 0.3) is 0 Å². The van der Waals surface area contributed by atoms with Crippen LogP contribution in [0.15, 0.2) is 36.4 Å². The average molecular weight is 473 g/mol. The third-order valence-electron chi connectivity index (χ3n) is 6.02. The molecule has 0 saturated carbocycles. The van der Waals surface area contributed by atoms with Crippen molar-refractivity contribution >= 4 is 24.2 Å². The van der Waals surface area contributed by atoms with E-state index < -0.39 is 60.1 Å². The third kappa shape index (κ3) is 4.42. The van der Waals surface area contributed by atoms with E-state index in [2.05, 4.69) is 5.32 Å². The van der Waals surface area contributed by atoms with Crippen LogP contribution in [0.2, 0.25) is 0 Å². The number of nitrogens with one attached hydrogen (secondary N) is 1. The monoisotopic (exact) mass is 473 g/mol. The van der Waals surface area contributed by atoms with Crippen molar-refractivity contribution in [2.45, 2.75) is 37.6 Å². The van der Waals surface area contributed by atoms with Crippen LogP contribution in [-0.2, 0) is 9.53 Å². The smallest absolute Gasteiger partial charge is 0.488 e. The van der Waals surface area contributed by atoms with E-state index in [1.165, 1.54) is 31.2 Å². The van der Waals surface area contributed by atoms with Crippen LogP contribution < -0.4 is 15.5 Å². The maximum absolute atomic E-state index is 14.4. The molecule has 2 aromatic carbocycles. The molecular formula is C21H21BF5NO5. The lowest BCUT2D eigenvalue weighted by Crippen LogP contribution is -2.47. The van der Waals surface area contributed by atoms with E-state index >= 15 is 0 Å². The molecule has 0 aliphatic carbocycles. The maximum Gasteiger partial charge on any atom is 0.488 e. The highest BCUT2D eigenvalue weighted by atomic mass is 19.4. The van der Waals surface area contributed by atoms with Crippen molar-refractivity contribution in [2.75, 3.05) is 12.4 Å². The fourth-order valence-electron chi connectivity index (χ4n) is 4.03. The van der Waals surface area contributed by atoms with Crippen molar-refractivity contribution < 1.29 is 46.3 Å². The summed E-state index contributed by atoms with van der Waals surface area (Å²) in [6.07, 6.45) is -6.64. The molecule has 3 rings (SSSR count). The molecule has 1 aliphatic rings. The quantitative estimate of drug-likeness (QED) is 0.460. The number of anilines is 1. The topological polar surface area (TPSA) is 88.0 Å². The Kier molecular flexibility index (Phi) is 6.74. The van der Waals surface area contributed by atoms with Crippen molar-refractivity contribution in [3.8, 4) is 5.75 Å². The van der Waals surface area contributed by atoms with Crippen molar-refractivity contribution in [2.24, 2.45) is 5.92 Å². The summed E-state index contributed by atoms with van der Waals surface area (Å²) >= 11 is 0. The molecule has 0 aromatic heterocycles. The van der Waals surface area contributed by atoms with Crippen molar-refractivity contribution in [1.29, 1.82) is 0 Å². The number of amides is 1. The fraction of sp³-hybridized carbons (Fsp3) is 0.381. The van der Waals surface area contributed by atoms with Crippen LogP contribution in [0.1, 0.15) is 25.3 Å². The minimum atomic E-state index is -4.88. The molecule has 33 heavy (non-hydrogen) atoms. The Bertz CT molecular complexity index is 1050. The summed E-state index contributed by atoms with van der Waals surface area (Å²) in [6, 6.07) is 7.18. The first-order chi connectivity index (χ1) is 15.3. The molecule has 0 spiro atoms. The zero-order valence-electron chi connectivity index (χ0n) is 17.8. The molecule has 1 saturated heterocycles. The van der Waals surface area contributed by atoms with E-state index in [9.17, 15) is 36.8 Å². The van der Waals surface area contributed by atoms with Gasteiger partial charge in [-0.1, -0.05) is 25.1 Å². The van der Waals surface area contributed by atoms with E-state index in [4.69, 9.17) is 9.47 Å². The first kappa shape index (κ1) is 24.9. The van der Waals surface area contributed by atoms with E-state index in [-0.39, 0.29) is 16.7 Å². The Morgan fingerprint density at radius 3 is 2.45 bits per heavy atom. The molecule has 0 unspecified atom stereocenters. The number of rotatable bonds is 5. The molecule has 0 bridgehead atoms. The Balaban J connectivity index is 2.07. The predicted octanol–water partition coefficient (Wildman–Crippen LogP) is 2.73. The molecular weight excluding hydrogens is 452 g/mol. The average Bonchev–Trinajstić information content (AvgIpc) is 3.02. The number of ether oxygens (including phenoxy) is 2. The molecule has 2 aromatic rings. The summed E-state index contributed by atoms with van der Waals surface area (Å²) in [5.74, 6) is -7.01. The van der Waals surface area contributed by atoms with Gasteiger partial charge in [0.25, 0.3) is 5.91 Å². The number of carbonyl (C=O) groups excluding carboxylic acids is 1. The predicted molar refractivity (Wildman–Crippen MR) is 109 cm³/mol. The summed E-state index contributed by atoms with van der Waals surface area (Å²) in [5, 5.41) is 21.0. The molecule has 0 radical (unpaired) electrons. The molecule has 1 aliphatic heterocycles. The second kappa shape index (κ2) is 8.92. The Labute approximate surface area is 186 Å². The van der Waals surface area contributed by atoms with Gasteiger partial charge in [-0.2, -0.15) is 17.6 Å². The number of alkyl halides is 3. The van der Waals surface area contributed by atoms with Crippen molar-refractivity contribution in [1.82, 2.24) is 0 Å². The second-order valence-corrected chi connectivity index (χ2v) is 7.93. The third-order valence-corrected chi connectivity index (χ3v) is 6.02. The van der Waals surface area contributed by atoms with Crippen LogP contribution >= 0.6 is 0 Å². The largest absolute Gasteiger partial charge is 0.493 e. The normalized spacial score (nSPS) is 25.1. The van der Waals surface area contributed by atoms with Crippen LogP contribution in [0.4, 0.5) is 27.6 Å². The lowest BCUT2D eigenvalue weighted by atomic mass is 9.77. The first-order valence-corrected chi connectivity index (χ1v) is 9.85. The van der Waals surface area contributed by atoms with Gasteiger partial charge in [0.1, 0.15) is 6.10 Å². The number of methoxy groups -OCH3 is 1. The summed E-state index contributed by atoms with van der Waals surface area (Å²) < 4.78 is 80.1. The van der Waals surface area contributed by atoms with Gasteiger partial charge in [-0.05, 0) is 30.6 Å². The van der Waals surface area contributed by atoms with Crippen LogP contribution in [-0.4, -0.2) is 48.1 Å². The van der Waals surface area contributed by atoms with E-state index in [1.54, 1.807) is 0 Å². The summed E-state index contributed by atoms with van der Waals surface area (Å²) in [5.41, 5.74) is -2.83.